The summed E-state index contributed by atoms with van der Waals surface area (Å²) >= 11 is 4.24. The van der Waals surface area contributed by atoms with E-state index in [4.69, 9.17) is 9.97 Å². The first-order chi connectivity index (χ1) is 15.6. The maximum atomic E-state index is 13.2. The van der Waals surface area contributed by atoms with E-state index in [1.54, 1.807) is 4.90 Å². The van der Waals surface area contributed by atoms with Crippen molar-refractivity contribution in [2.24, 2.45) is 0 Å². The SMILES string of the molecule is O=C(O)CC1SC(c2ccccc2)N(c2nc(-c3nc(-c4ccccc4)cs3)cs2)C1=O. The molecule has 2 aromatic carbocycles. The Bertz CT molecular complexity index is 1260. The summed E-state index contributed by atoms with van der Waals surface area (Å²) in [4.78, 5) is 35.5. The fourth-order valence-corrected chi connectivity index (χ4v) is 6.68. The molecule has 0 saturated carbocycles. The van der Waals surface area contributed by atoms with Crippen molar-refractivity contribution >= 4 is 51.4 Å². The quantitative estimate of drug-likeness (QED) is 0.390. The number of aromatic nitrogens is 2. The van der Waals surface area contributed by atoms with E-state index < -0.39 is 11.2 Å². The number of hydrogen-bond donors (Lipinski definition) is 1. The molecule has 0 bridgehead atoms. The number of thioether (sulfide) groups is 1. The Morgan fingerprint density at radius 1 is 0.938 bits per heavy atom. The van der Waals surface area contributed by atoms with Crippen molar-refractivity contribution in [3.8, 4) is 22.0 Å². The lowest BCUT2D eigenvalue weighted by atomic mass is 10.2. The molecule has 0 aliphatic carbocycles. The second-order valence-electron chi connectivity index (χ2n) is 7.11. The van der Waals surface area contributed by atoms with E-state index in [0.717, 1.165) is 21.8 Å². The summed E-state index contributed by atoms with van der Waals surface area (Å²) in [5.41, 5.74) is 3.58. The number of anilines is 1. The zero-order valence-corrected chi connectivity index (χ0v) is 19.1. The first-order valence-electron chi connectivity index (χ1n) is 9.82. The molecule has 160 valence electrons. The van der Waals surface area contributed by atoms with E-state index in [0.29, 0.717) is 10.8 Å². The molecular weight excluding hydrogens is 462 g/mol. The number of carbonyl (C=O) groups is 2. The second-order valence-corrected chi connectivity index (χ2v) is 10.1. The van der Waals surface area contributed by atoms with Crippen LogP contribution in [-0.4, -0.2) is 32.2 Å². The molecule has 0 spiro atoms. The molecule has 1 aliphatic heterocycles. The summed E-state index contributed by atoms with van der Waals surface area (Å²) in [5, 5.41) is 13.5. The van der Waals surface area contributed by atoms with Crippen LogP contribution in [0.1, 0.15) is 17.4 Å². The lowest BCUT2D eigenvalue weighted by Gasteiger charge is -2.21. The molecule has 1 amide bonds. The molecule has 6 nitrogen and oxygen atoms in total. The first-order valence-corrected chi connectivity index (χ1v) is 12.5. The Hall–Kier alpha value is -3.01. The normalized spacial score (nSPS) is 18.2. The Balaban J connectivity index is 1.46. The zero-order chi connectivity index (χ0) is 22.1. The maximum Gasteiger partial charge on any atom is 0.305 e. The summed E-state index contributed by atoms with van der Waals surface area (Å²) in [6.45, 7) is 0. The molecule has 1 saturated heterocycles. The standard InChI is InChI=1S/C23H17N3O3S3/c27-19(28)11-18-21(29)26(22(32-18)15-9-5-2-6-10-15)23-25-17(13-31-23)20-24-16(12-30-20)14-7-3-1-4-8-14/h1-10,12-13,18,22H,11H2,(H,27,28). The van der Waals surface area contributed by atoms with Gasteiger partial charge >= 0.3 is 5.97 Å². The minimum Gasteiger partial charge on any atom is -0.481 e. The topological polar surface area (TPSA) is 83.4 Å². The van der Waals surface area contributed by atoms with Gasteiger partial charge in [-0.15, -0.1) is 34.4 Å². The highest BCUT2D eigenvalue weighted by atomic mass is 32.2. The van der Waals surface area contributed by atoms with Gasteiger partial charge in [0.1, 0.15) is 16.1 Å². The van der Waals surface area contributed by atoms with Crippen LogP contribution in [0.15, 0.2) is 71.4 Å². The number of hydrogen-bond acceptors (Lipinski definition) is 7. The third kappa shape index (κ3) is 4.06. The molecule has 32 heavy (non-hydrogen) atoms. The number of carboxylic acids is 1. The van der Waals surface area contributed by atoms with Gasteiger partial charge in [0.05, 0.1) is 17.4 Å². The van der Waals surface area contributed by atoms with Crippen molar-refractivity contribution in [1.29, 1.82) is 0 Å². The molecule has 5 rings (SSSR count). The minimum atomic E-state index is -0.986. The van der Waals surface area contributed by atoms with Crippen LogP contribution >= 0.6 is 34.4 Å². The number of benzene rings is 2. The van der Waals surface area contributed by atoms with Crippen LogP contribution in [-0.2, 0) is 9.59 Å². The molecule has 9 heteroatoms. The molecule has 2 atom stereocenters. The van der Waals surface area contributed by atoms with Crippen LogP contribution < -0.4 is 4.90 Å². The Kier molecular flexibility index (Phi) is 5.77. The number of nitrogens with zero attached hydrogens (tertiary/aromatic N) is 3. The van der Waals surface area contributed by atoms with Gasteiger partial charge in [-0.1, -0.05) is 60.7 Å². The summed E-state index contributed by atoms with van der Waals surface area (Å²) in [5.74, 6) is -1.21. The highest BCUT2D eigenvalue weighted by molar-refractivity contribution is 8.01. The molecule has 0 radical (unpaired) electrons. The van der Waals surface area contributed by atoms with E-state index in [1.807, 2.05) is 71.4 Å². The Labute approximate surface area is 196 Å². The average molecular weight is 480 g/mol. The Morgan fingerprint density at radius 3 is 2.34 bits per heavy atom. The molecule has 2 unspecified atom stereocenters. The van der Waals surface area contributed by atoms with Crippen LogP contribution in [0.5, 0.6) is 0 Å². The third-order valence-corrected chi connectivity index (χ3v) is 8.12. The zero-order valence-electron chi connectivity index (χ0n) is 16.6. The highest BCUT2D eigenvalue weighted by Gasteiger charge is 2.44. The summed E-state index contributed by atoms with van der Waals surface area (Å²) in [6.07, 6.45) is -0.214. The van der Waals surface area contributed by atoms with Crippen LogP contribution in [0.4, 0.5) is 5.13 Å². The van der Waals surface area contributed by atoms with Crippen LogP contribution in [0.2, 0.25) is 0 Å². The number of thiazole rings is 2. The highest BCUT2D eigenvalue weighted by Crippen LogP contribution is 2.47. The predicted octanol–water partition coefficient (Wildman–Crippen LogP) is 5.56. The monoisotopic (exact) mass is 479 g/mol. The van der Waals surface area contributed by atoms with Crippen molar-refractivity contribution in [3.05, 3.63) is 77.0 Å². The number of aliphatic carboxylic acids is 1. The smallest absolute Gasteiger partial charge is 0.305 e. The fraction of sp³-hybridized carbons (Fsp3) is 0.130. The lowest BCUT2D eigenvalue weighted by molar-refractivity contribution is -0.138. The predicted molar refractivity (Wildman–Crippen MR) is 129 cm³/mol. The summed E-state index contributed by atoms with van der Waals surface area (Å²) in [6, 6.07) is 19.6. The molecule has 4 aromatic rings. The van der Waals surface area contributed by atoms with Crippen molar-refractivity contribution in [3.63, 3.8) is 0 Å². The van der Waals surface area contributed by atoms with Crippen molar-refractivity contribution in [2.75, 3.05) is 4.90 Å². The van der Waals surface area contributed by atoms with E-state index in [-0.39, 0.29) is 17.7 Å². The number of rotatable bonds is 6. The van der Waals surface area contributed by atoms with Gasteiger partial charge < -0.3 is 5.11 Å². The first kappa shape index (κ1) is 20.9. The van der Waals surface area contributed by atoms with Gasteiger partial charge in [0.2, 0.25) is 5.91 Å². The van der Waals surface area contributed by atoms with Crippen LogP contribution in [0, 0.1) is 0 Å². The molecule has 1 aliphatic rings. The maximum absolute atomic E-state index is 13.2. The van der Waals surface area contributed by atoms with Gasteiger partial charge in [0.15, 0.2) is 5.13 Å². The molecule has 1 fully saturated rings. The molecule has 1 N–H and O–H groups in total. The minimum absolute atomic E-state index is 0.214. The Morgan fingerprint density at radius 2 is 1.62 bits per heavy atom. The largest absolute Gasteiger partial charge is 0.481 e. The number of carbonyl (C=O) groups excluding carboxylic acids is 1. The van der Waals surface area contributed by atoms with Crippen LogP contribution in [0.25, 0.3) is 22.0 Å². The number of carboxylic acid groups (broad SMARTS) is 1. The van der Waals surface area contributed by atoms with Crippen molar-refractivity contribution < 1.29 is 14.7 Å². The third-order valence-electron chi connectivity index (χ3n) is 4.98. The molecular formula is C23H17N3O3S3. The van der Waals surface area contributed by atoms with Gasteiger partial charge in [-0.05, 0) is 5.56 Å². The fourth-order valence-electron chi connectivity index (χ4n) is 3.49. The lowest BCUT2D eigenvalue weighted by Crippen LogP contribution is -2.31. The van der Waals surface area contributed by atoms with E-state index in [9.17, 15) is 14.7 Å². The molecule has 3 heterocycles. The van der Waals surface area contributed by atoms with Gasteiger partial charge in [0.25, 0.3) is 0 Å². The second kappa shape index (κ2) is 8.85. The average Bonchev–Trinajstić information content (AvgIpc) is 3.54. The number of amides is 1. The summed E-state index contributed by atoms with van der Waals surface area (Å²) in [7, 11) is 0. The van der Waals surface area contributed by atoms with Crippen molar-refractivity contribution in [1.82, 2.24) is 9.97 Å². The summed E-state index contributed by atoms with van der Waals surface area (Å²) < 4.78 is 0. The molecule has 2 aromatic heterocycles. The van der Waals surface area contributed by atoms with Crippen LogP contribution in [0.3, 0.4) is 0 Å². The van der Waals surface area contributed by atoms with E-state index in [1.165, 1.54) is 34.4 Å². The van der Waals surface area contributed by atoms with Gasteiger partial charge in [0, 0.05) is 16.3 Å². The van der Waals surface area contributed by atoms with E-state index >= 15 is 0 Å². The van der Waals surface area contributed by atoms with Gasteiger partial charge in [-0.3, -0.25) is 14.5 Å². The van der Waals surface area contributed by atoms with Crippen molar-refractivity contribution in [2.45, 2.75) is 17.0 Å². The van der Waals surface area contributed by atoms with Gasteiger partial charge in [-0.25, -0.2) is 9.97 Å². The van der Waals surface area contributed by atoms with Gasteiger partial charge in [-0.2, -0.15) is 0 Å². The van der Waals surface area contributed by atoms with E-state index in [2.05, 4.69) is 0 Å².